The number of carbonyl (C=O) groups is 8. The number of fused-ring (bicyclic) bond motifs is 11. The first-order valence-electron chi connectivity index (χ1n) is 30.6. The molecule has 0 fully saturated rings. The largest absolute Gasteiger partial charge is 0.458 e. The van der Waals surface area contributed by atoms with Crippen molar-refractivity contribution in [3.63, 3.8) is 0 Å². The van der Waals surface area contributed by atoms with Gasteiger partial charge in [-0.3, -0.25) is 19.2 Å². The van der Waals surface area contributed by atoms with E-state index in [9.17, 15) is 19.2 Å². The number of aromatic nitrogens is 2. The maximum absolute atomic E-state index is 15.4. The highest BCUT2D eigenvalue weighted by Gasteiger charge is 2.63. The van der Waals surface area contributed by atoms with Crippen LogP contribution in [0.1, 0.15) is 94.8 Å². The SMILES string of the molecule is O=C1C(=Cc2nc3c(s2)C2=CC4C=C5OC(C(=O)OCc6ccccc6)(C(=O)OCc6ccccc6)c6nc(C=C7C(=O)c8cc9ccccc9cc8C7=O)sc6C5=CC4C=C2OC3(C(=O)OCc2ccccc2)C(=O)OCc2ccccc2)C(=O)c2cc3ccccc3cc21. The topological polar surface area (TPSA) is 218 Å². The van der Waals surface area contributed by atoms with E-state index in [-0.39, 0.29) is 103 Å². The van der Waals surface area contributed by atoms with Gasteiger partial charge in [0.2, 0.25) is 0 Å². The van der Waals surface area contributed by atoms with Gasteiger partial charge in [0.1, 0.15) is 59.3 Å². The first kappa shape index (κ1) is 59.2. The summed E-state index contributed by atoms with van der Waals surface area (Å²) in [5.41, 5.74) is -2.50. The van der Waals surface area contributed by atoms with Crippen LogP contribution in [0.5, 0.6) is 0 Å². The van der Waals surface area contributed by atoms with Crippen molar-refractivity contribution in [1.82, 2.24) is 9.97 Å². The highest BCUT2D eigenvalue weighted by Crippen LogP contribution is 2.55. The molecule has 4 aliphatic carbocycles. The maximum Gasteiger partial charge on any atom is 0.369 e. The molecule has 0 saturated carbocycles. The number of ether oxygens (including phenoxy) is 6. The van der Waals surface area contributed by atoms with Gasteiger partial charge in [-0.2, -0.15) is 0 Å². The number of rotatable bonds is 14. The van der Waals surface area contributed by atoms with Gasteiger partial charge in [0, 0.05) is 45.2 Å². The van der Waals surface area contributed by atoms with E-state index in [2.05, 4.69) is 0 Å². The van der Waals surface area contributed by atoms with Gasteiger partial charge in [-0.25, -0.2) is 29.1 Å². The van der Waals surface area contributed by atoms with Crippen molar-refractivity contribution < 1.29 is 66.8 Å². The lowest BCUT2D eigenvalue weighted by atomic mass is 9.76. The molecule has 0 N–H and O–H groups in total. The third-order valence-electron chi connectivity index (χ3n) is 17.6. The second-order valence-electron chi connectivity index (χ2n) is 23.6. The number of ketones is 4. The van der Waals surface area contributed by atoms with Crippen molar-refractivity contribution in [2.75, 3.05) is 0 Å². The highest BCUT2D eigenvalue weighted by atomic mass is 32.1. The Balaban J connectivity index is 0.848. The Morgan fingerprint density at radius 2 is 0.656 bits per heavy atom. The van der Waals surface area contributed by atoms with Crippen LogP contribution in [-0.4, -0.2) is 57.0 Å². The molecule has 6 aliphatic rings. The number of nitrogens with zero attached hydrogens (tertiary/aromatic N) is 2. The van der Waals surface area contributed by atoms with E-state index in [0.29, 0.717) is 33.4 Å². The van der Waals surface area contributed by atoms with Crippen molar-refractivity contribution in [2.24, 2.45) is 11.8 Å². The van der Waals surface area contributed by atoms with Crippen molar-refractivity contribution in [3.05, 3.63) is 317 Å². The van der Waals surface area contributed by atoms with E-state index >= 15 is 19.2 Å². The number of carbonyl (C=O) groups excluding carboxylic acids is 8. The first-order chi connectivity index (χ1) is 46.8. The van der Waals surface area contributed by atoms with Crippen LogP contribution in [0.4, 0.5) is 0 Å². The van der Waals surface area contributed by atoms with Crippen LogP contribution in [-0.2, 0) is 85.2 Å². The minimum absolute atomic E-state index is 0.0289. The number of esters is 4. The molecule has 8 aromatic carbocycles. The molecule has 2 unspecified atom stereocenters. The molecule has 0 bridgehead atoms. The van der Waals surface area contributed by atoms with Gasteiger partial charge in [-0.05, 0) is 92.4 Å². The van der Waals surface area contributed by atoms with Crippen molar-refractivity contribution in [3.8, 4) is 0 Å². The summed E-state index contributed by atoms with van der Waals surface area (Å²) in [5.74, 6) is -8.22. The van der Waals surface area contributed by atoms with Gasteiger partial charge in [-0.1, -0.05) is 182 Å². The van der Waals surface area contributed by atoms with Gasteiger partial charge in [0.15, 0.2) is 23.1 Å². The predicted molar refractivity (Wildman–Crippen MR) is 355 cm³/mol. The quantitative estimate of drug-likeness (QED) is 0.0325. The Labute approximate surface area is 554 Å². The highest BCUT2D eigenvalue weighted by molar-refractivity contribution is 7.14. The number of benzene rings is 8. The van der Waals surface area contributed by atoms with Crippen LogP contribution in [0.3, 0.4) is 0 Å². The molecule has 96 heavy (non-hydrogen) atoms. The lowest BCUT2D eigenvalue weighted by Crippen LogP contribution is -2.51. The summed E-state index contributed by atoms with van der Waals surface area (Å²) >= 11 is 1.99. The number of allylic oxidation sites excluding steroid dienone is 8. The average molecular weight is 1300 g/mol. The zero-order valence-corrected chi connectivity index (χ0v) is 52.0. The molecule has 0 radical (unpaired) electrons. The summed E-state index contributed by atoms with van der Waals surface area (Å²) in [4.78, 5) is 129. The lowest BCUT2D eigenvalue weighted by molar-refractivity contribution is -0.191. The molecule has 2 atom stereocenters. The fourth-order valence-electron chi connectivity index (χ4n) is 12.8. The fraction of sp³-hybridized carbons (Fsp3) is 0.103. The van der Waals surface area contributed by atoms with Crippen LogP contribution in [0.2, 0.25) is 0 Å². The summed E-state index contributed by atoms with van der Waals surface area (Å²) in [6.45, 7) is -1.17. The Morgan fingerprint density at radius 3 is 0.938 bits per heavy atom. The molecule has 2 aromatic heterocycles. The Kier molecular flexibility index (Phi) is 14.6. The van der Waals surface area contributed by atoms with Gasteiger partial charge in [-0.15, -0.1) is 22.7 Å². The summed E-state index contributed by atoms with van der Waals surface area (Å²) in [6.07, 6.45) is 9.72. The molecule has 2 aliphatic heterocycles. The van der Waals surface area contributed by atoms with E-state index in [1.165, 1.54) is 12.2 Å². The van der Waals surface area contributed by atoms with Gasteiger partial charge in [0.25, 0.3) is 0 Å². The molecule has 0 spiro atoms. The van der Waals surface area contributed by atoms with Gasteiger partial charge in [0.05, 0.1) is 20.9 Å². The van der Waals surface area contributed by atoms with Gasteiger partial charge >= 0.3 is 35.1 Å². The third kappa shape index (κ3) is 10.0. The van der Waals surface area contributed by atoms with Gasteiger partial charge < -0.3 is 28.4 Å². The standard InChI is InChI=1S/C78H48N2O14S2/c81-65-53-29-47-25-13-14-26-48(47)30-54(53)66(82)59(65)37-63-79-71-69(95-63)57-33-52-36-62-58(34-51(52)35-61(57)93-77(71,73(85)89-39-43-17-5-1-6-18-43)74(86)90-40-44-19-7-2-8-20-44)70-72(80-64(96-70)38-60-67(83)55-31-49-27-15-16-28-50(49)32-56(55)68(60)84)78(94-62,75(87)91-41-45-21-9-3-10-22-45)76(88)92-42-46-23-11-4-12-24-46/h1-38,51-52H,39-42H2. The maximum atomic E-state index is 15.4. The Morgan fingerprint density at radius 1 is 0.385 bits per heavy atom. The molecular weight excluding hydrogens is 1250 g/mol. The number of thiazole rings is 2. The number of hydrogen-bond acceptors (Lipinski definition) is 18. The second kappa shape index (κ2) is 23.6. The summed E-state index contributed by atoms with van der Waals surface area (Å²) in [6, 6.07) is 56.8. The fourth-order valence-corrected chi connectivity index (χ4v) is 15.0. The van der Waals surface area contributed by atoms with Crippen molar-refractivity contribution >= 4 is 115 Å². The van der Waals surface area contributed by atoms with E-state index in [1.807, 2.05) is 48.5 Å². The van der Waals surface area contributed by atoms with Crippen LogP contribution >= 0.6 is 22.7 Å². The molecule has 466 valence electrons. The molecule has 16 nitrogen and oxygen atoms in total. The first-order valence-corrected chi connectivity index (χ1v) is 32.3. The molecule has 18 heteroatoms. The molecule has 10 aromatic rings. The average Bonchev–Trinajstić information content (AvgIpc) is 1.30. The Hall–Kier alpha value is -11.9. The number of Topliss-reactive ketones (excluding diaryl/α,β-unsaturated/α-hetero) is 4. The van der Waals surface area contributed by atoms with E-state index in [4.69, 9.17) is 38.4 Å². The third-order valence-corrected chi connectivity index (χ3v) is 19.7. The number of hydrogen-bond donors (Lipinski definition) is 0. The van der Waals surface area contributed by atoms with Crippen molar-refractivity contribution in [1.29, 1.82) is 0 Å². The summed E-state index contributed by atoms with van der Waals surface area (Å²) in [7, 11) is 0. The minimum atomic E-state index is -2.77. The monoisotopic (exact) mass is 1300 g/mol. The molecule has 16 rings (SSSR count). The summed E-state index contributed by atoms with van der Waals surface area (Å²) in [5, 5.41) is 3.16. The van der Waals surface area contributed by atoms with Crippen LogP contribution in [0.25, 0.3) is 44.8 Å². The van der Waals surface area contributed by atoms with Crippen molar-refractivity contribution in [2.45, 2.75) is 37.6 Å². The predicted octanol–water partition coefficient (Wildman–Crippen LogP) is 13.8. The Bertz CT molecular complexity index is 4700. The smallest absolute Gasteiger partial charge is 0.369 e. The van der Waals surface area contributed by atoms with Crippen LogP contribution in [0, 0.1) is 11.8 Å². The normalized spacial score (nSPS) is 17.3. The van der Waals surface area contributed by atoms with E-state index in [1.54, 1.807) is 170 Å². The van der Waals surface area contributed by atoms with Crippen LogP contribution in [0.15, 0.2) is 241 Å². The minimum Gasteiger partial charge on any atom is -0.458 e. The molecule has 0 saturated heterocycles. The van der Waals surface area contributed by atoms with E-state index < -0.39 is 70.0 Å². The van der Waals surface area contributed by atoms with Crippen LogP contribution < -0.4 is 0 Å². The molecular formula is C78H48N2O14S2. The zero-order valence-electron chi connectivity index (χ0n) is 50.3. The van der Waals surface area contributed by atoms with E-state index in [0.717, 1.165) is 44.2 Å². The second-order valence-corrected chi connectivity index (χ2v) is 25.6. The molecule has 0 amide bonds. The summed E-state index contributed by atoms with van der Waals surface area (Å²) < 4.78 is 38.0. The zero-order chi connectivity index (χ0) is 65.4. The lowest BCUT2D eigenvalue weighted by Gasteiger charge is -2.40. The molecule has 4 heterocycles.